The number of ether oxygens (including phenoxy) is 2. The Morgan fingerprint density at radius 1 is 1.44 bits per heavy atom. The number of alkyl carbamates (subject to hydrolysis) is 1. The van der Waals surface area contributed by atoms with Crippen molar-refractivity contribution in [3.05, 3.63) is 11.1 Å². The second-order valence-corrected chi connectivity index (χ2v) is 8.40. The van der Waals surface area contributed by atoms with Crippen molar-refractivity contribution < 1.29 is 19.1 Å². The fraction of sp³-hybridized carbons (Fsp3) is 0.765. The van der Waals surface area contributed by atoms with Gasteiger partial charge < -0.3 is 25.0 Å². The zero-order valence-electron chi connectivity index (χ0n) is 15.5. The van der Waals surface area contributed by atoms with E-state index in [4.69, 9.17) is 9.47 Å². The van der Waals surface area contributed by atoms with Crippen LogP contribution in [0.4, 0.5) is 4.79 Å². The number of hydrogen-bond donors (Lipinski definition) is 2. The Morgan fingerprint density at radius 2 is 2.20 bits per heavy atom. The van der Waals surface area contributed by atoms with Gasteiger partial charge in [-0.15, -0.1) is 0 Å². The quantitative estimate of drug-likeness (QED) is 0.690. The highest BCUT2D eigenvalue weighted by atomic mass is 32.2. The maximum Gasteiger partial charge on any atom is 0.407 e. The van der Waals surface area contributed by atoms with Gasteiger partial charge in [0.05, 0.1) is 12.0 Å². The Hall–Kier alpha value is -1.41. The van der Waals surface area contributed by atoms with Gasteiger partial charge in [-0.3, -0.25) is 0 Å². The van der Waals surface area contributed by atoms with E-state index in [-0.39, 0.29) is 17.4 Å². The Bertz CT molecular complexity index is 519. The molecule has 8 heteroatoms. The van der Waals surface area contributed by atoms with Crippen molar-refractivity contribution in [2.24, 2.45) is 5.92 Å². The maximum atomic E-state index is 11.8. The first-order valence-corrected chi connectivity index (χ1v) is 9.65. The first kappa shape index (κ1) is 19.9. The summed E-state index contributed by atoms with van der Waals surface area (Å²) in [6.45, 7) is 11.1. The van der Waals surface area contributed by atoms with E-state index in [1.165, 1.54) is 0 Å². The van der Waals surface area contributed by atoms with E-state index in [0.717, 1.165) is 26.1 Å². The van der Waals surface area contributed by atoms with Crippen molar-refractivity contribution in [3.63, 3.8) is 0 Å². The summed E-state index contributed by atoms with van der Waals surface area (Å²) < 4.78 is 10.3. The molecule has 0 aromatic carbocycles. The fourth-order valence-electron chi connectivity index (χ4n) is 2.85. The number of likely N-dealkylation sites (tertiary alicyclic amines) is 1. The summed E-state index contributed by atoms with van der Waals surface area (Å²) in [5.41, 5.74) is -0.474. The van der Waals surface area contributed by atoms with E-state index in [2.05, 4.69) is 15.5 Å². The molecule has 2 N–H and O–H groups in total. The molecule has 2 unspecified atom stereocenters. The summed E-state index contributed by atoms with van der Waals surface area (Å²) in [5.74, 6) is 0.216. The molecule has 1 saturated heterocycles. The zero-order chi connectivity index (χ0) is 18.4. The van der Waals surface area contributed by atoms with Crippen LogP contribution in [0.2, 0.25) is 0 Å². The lowest BCUT2D eigenvalue weighted by atomic mass is 10.1. The van der Waals surface area contributed by atoms with Crippen LogP contribution < -0.4 is 10.6 Å². The SMILES string of the molecule is CCOC(=O)C1=CNC(C2CCN(CCNC(=O)OC(C)(C)C)C2)S1. The molecule has 0 aromatic rings. The van der Waals surface area contributed by atoms with Gasteiger partial charge in [0.15, 0.2) is 0 Å². The first-order valence-electron chi connectivity index (χ1n) is 8.77. The summed E-state index contributed by atoms with van der Waals surface area (Å²) >= 11 is 1.55. The maximum absolute atomic E-state index is 11.8. The molecule has 1 fully saturated rings. The monoisotopic (exact) mass is 371 g/mol. The van der Waals surface area contributed by atoms with E-state index in [0.29, 0.717) is 24.0 Å². The number of amides is 1. The molecule has 2 aliphatic heterocycles. The van der Waals surface area contributed by atoms with E-state index in [1.54, 1.807) is 18.0 Å². The average Bonchev–Trinajstić information content (AvgIpc) is 3.14. The third kappa shape index (κ3) is 6.43. The third-order valence-electron chi connectivity index (χ3n) is 3.94. The normalized spacial score (nSPS) is 23.8. The minimum absolute atomic E-state index is 0.211. The Labute approximate surface area is 153 Å². The van der Waals surface area contributed by atoms with Crippen molar-refractivity contribution in [2.75, 3.05) is 32.8 Å². The molecular formula is C17H29N3O4S. The van der Waals surface area contributed by atoms with E-state index < -0.39 is 5.60 Å². The van der Waals surface area contributed by atoms with Crippen LogP contribution in [-0.2, 0) is 14.3 Å². The van der Waals surface area contributed by atoms with Crippen molar-refractivity contribution in [2.45, 2.75) is 45.1 Å². The minimum atomic E-state index is -0.474. The van der Waals surface area contributed by atoms with E-state index >= 15 is 0 Å². The predicted molar refractivity (Wildman–Crippen MR) is 98.0 cm³/mol. The molecule has 0 aromatic heterocycles. The van der Waals surface area contributed by atoms with Gasteiger partial charge in [0.2, 0.25) is 0 Å². The number of rotatable bonds is 6. The summed E-state index contributed by atoms with van der Waals surface area (Å²) in [6.07, 6.45) is 2.46. The highest BCUT2D eigenvalue weighted by Crippen LogP contribution is 2.35. The number of esters is 1. The Balaban J connectivity index is 1.65. The fourth-order valence-corrected chi connectivity index (χ4v) is 3.96. The number of hydrogen-bond acceptors (Lipinski definition) is 7. The molecule has 2 aliphatic rings. The third-order valence-corrected chi connectivity index (χ3v) is 5.26. The van der Waals surface area contributed by atoms with Gasteiger partial charge in [-0.05, 0) is 40.7 Å². The molecule has 1 amide bonds. The van der Waals surface area contributed by atoms with Crippen molar-refractivity contribution >= 4 is 23.8 Å². The molecule has 0 bridgehead atoms. The first-order chi connectivity index (χ1) is 11.8. The smallest absolute Gasteiger partial charge is 0.407 e. The summed E-state index contributed by atoms with van der Waals surface area (Å²) in [7, 11) is 0. The number of thioether (sulfide) groups is 1. The van der Waals surface area contributed by atoms with Crippen LogP contribution >= 0.6 is 11.8 Å². The molecule has 2 atom stereocenters. The lowest BCUT2D eigenvalue weighted by molar-refractivity contribution is -0.137. The largest absolute Gasteiger partial charge is 0.462 e. The summed E-state index contributed by atoms with van der Waals surface area (Å²) in [6, 6.07) is 0. The van der Waals surface area contributed by atoms with Gasteiger partial charge in [0.25, 0.3) is 0 Å². The Morgan fingerprint density at radius 3 is 2.88 bits per heavy atom. The van der Waals surface area contributed by atoms with Crippen LogP contribution in [0.3, 0.4) is 0 Å². The highest BCUT2D eigenvalue weighted by molar-refractivity contribution is 8.04. The number of carbonyl (C=O) groups is 2. The molecule has 0 spiro atoms. The number of nitrogens with one attached hydrogen (secondary N) is 2. The van der Waals surface area contributed by atoms with Gasteiger partial charge in [0, 0.05) is 31.8 Å². The van der Waals surface area contributed by atoms with Crippen molar-refractivity contribution in [1.29, 1.82) is 0 Å². The van der Waals surface area contributed by atoms with Gasteiger partial charge >= 0.3 is 12.1 Å². The van der Waals surface area contributed by atoms with Crippen LogP contribution in [0.5, 0.6) is 0 Å². The molecule has 2 rings (SSSR count). The van der Waals surface area contributed by atoms with Crippen molar-refractivity contribution in [3.8, 4) is 0 Å². The van der Waals surface area contributed by atoms with Crippen LogP contribution in [0, 0.1) is 5.92 Å². The summed E-state index contributed by atoms with van der Waals surface area (Å²) in [4.78, 5) is 26.4. The second kappa shape index (κ2) is 8.80. The second-order valence-electron chi connectivity index (χ2n) is 7.21. The van der Waals surface area contributed by atoms with Crippen LogP contribution in [0.1, 0.15) is 34.1 Å². The molecule has 0 radical (unpaired) electrons. The van der Waals surface area contributed by atoms with E-state index in [1.807, 2.05) is 27.7 Å². The molecule has 142 valence electrons. The van der Waals surface area contributed by atoms with Gasteiger partial charge in [-0.25, -0.2) is 9.59 Å². The molecule has 25 heavy (non-hydrogen) atoms. The topological polar surface area (TPSA) is 79.9 Å². The van der Waals surface area contributed by atoms with Gasteiger partial charge in [-0.1, -0.05) is 11.8 Å². The van der Waals surface area contributed by atoms with Crippen LogP contribution in [0.25, 0.3) is 0 Å². The molecular weight excluding hydrogens is 342 g/mol. The standard InChI is InChI=1S/C17H29N3O4S/c1-5-23-15(21)13-10-19-14(25-13)12-6-8-20(11-12)9-7-18-16(22)24-17(2,3)4/h10,12,14,19H,5-9,11H2,1-4H3,(H,18,22). The molecule has 0 saturated carbocycles. The average molecular weight is 372 g/mol. The lowest BCUT2D eigenvalue weighted by Crippen LogP contribution is -2.38. The minimum Gasteiger partial charge on any atom is -0.462 e. The number of nitrogens with zero attached hydrogens (tertiary/aromatic N) is 1. The lowest BCUT2D eigenvalue weighted by Gasteiger charge is -2.22. The zero-order valence-corrected chi connectivity index (χ0v) is 16.3. The molecule has 7 nitrogen and oxygen atoms in total. The Kier molecular flexibility index (Phi) is 7.01. The summed E-state index contributed by atoms with van der Waals surface area (Å²) in [5, 5.41) is 6.29. The number of carbonyl (C=O) groups excluding carboxylic acids is 2. The molecule has 0 aliphatic carbocycles. The highest BCUT2D eigenvalue weighted by Gasteiger charge is 2.34. The predicted octanol–water partition coefficient (Wildman–Crippen LogP) is 1.90. The van der Waals surface area contributed by atoms with Crippen molar-refractivity contribution in [1.82, 2.24) is 15.5 Å². The van der Waals surface area contributed by atoms with Gasteiger partial charge in [0.1, 0.15) is 10.5 Å². The molecule has 2 heterocycles. The van der Waals surface area contributed by atoms with E-state index in [9.17, 15) is 9.59 Å². The van der Waals surface area contributed by atoms with Crippen LogP contribution in [0.15, 0.2) is 11.1 Å². The van der Waals surface area contributed by atoms with Gasteiger partial charge in [-0.2, -0.15) is 0 Å². The van der Waals surface area contributed by atoms with Crippen LogP contribution in [-0.4, -0.2) is 60.7 Å².